The molecule has 2 aliphatic heterocycles. The summed E-state index contributed by atoms with van der Waals surface area (Å²) in [5.41, 5.74) is 0. The van der Waals surface area contributed by atoms with Crippen molar-refractivity contribution >= 4 is 0 Å². The maximum Gasteiger partial charge on any atom is 0.00872 e. The van der Waals surface area contributed by atoms with Gasteiger partial charge in [-0.05, 0) is 31.1 Å². The quantitative estimate of drug-likeness (QED) is 0.584. The molecule has 0 amide bonds. The number of hydrogen-bond donors (Lipinski definition) is 1. The minimum Gasteiger partial charge on any atom is -0.311 e. The van der Waals surface area contributed by atoms with Crippen LogP contribution < -0.4 is 5.32 Å². The fraction of sp³-hybridized carbons (Fsp3) is 1.00. The Bertz CT molecular complexity index is 115. The molecule has 0 aromatic heterocycles. The third-order valence-corrected chi connectivity index (χ3v) is 3.16. The molecule has 1 aliphatic carbocycles. The topological polar surface area (TPSA) is 12.0 Å². The van der Waals surface area contributed by atoms with Crippen molar-refractivity contribution in [2.24, 2.45) is 11.8 Å². The molecule has 1 unspecified atom stereocenters. The lowest BCUT2D eigenvalue weighted by molar-refractivity contribution is 0.102. The highest BCUT2D eigenvalue weighted by Gasteiger charge is 2.38. The SMILES string of the molecule is CC(C)C1C[C@@H]2C[C@H](C1)N2. The Hall–Kier alpha value is -0.0400. The van der Waals surface area contributed by atoms with Gasteiger partial charge in [0.25, 0.3) is 0 Å². The Kier molecular flexibility index (Phi) is 1.48. The van der Waals surface area contributed by atoms with E-state index in [0.29, 0.717) is 0 Å². The fourth-order valence-electron chi connectivity index (χ4n) is 2.35. The second-order valence-electron chi connectivity index (χ2n) is 4.27. The van der Waals surface area contributed by atoms with Crippen LogP contribution in [0.5, 0.6) is 0 Å². The highest BCUT2D eigenvalue weighted by molar-refractivity contribution is 4.97. The highest BCUT2D eigenvalue weighted by Crippen LogP contribution is 2.36. The van der Waals surface area contributed by atoms with Gasteiger partial charge in [0.05, 0.1) is 0 Å². The van der Waals surface area contributed by atoms with E-state index in [0.717, 1.165) is 23.9 Å². The summed E-state index contributed by atoms with van der Waals surface area (Å²) in [5.74, 6) is 1.93. The summed E-state index contributed by atoms with van der Waals surface area (Å²) < 4.78 is 0. The molecule has 1 N–H and O–H groups in total. The van der Waals surface area contributed by atoms with Crippen LogP contribution in [0.1, 0.15) is 33.1 Å². The lowest BCUT2D eigenvalue weighted by Crippen LogP contribution is -2.58. The van der Waals surface area contributed by atoms with E-state index >= 15 is 0 Å². The van der Waals surface area contributed by atoms with Gasteiger partial charge in [0, 0.05) is 12.1 Å². The predicted molar refractivity (Wildman–Crippen MR) is 42.9 cm³/mol. The van der Waals surface area contributed by atoms with Crippen molar-refractivity contribution in [3.63, 3.8) is 0 Å². The third kappa shape index (κ3) is 0.968. The molecule has 2 bridgehead atoms. The van der Waals surface area contributed by atoms with E-state index in [-0.39, 0.29) is 0 Å². The molecule has 3 aliphatic rings. The van der Waals surface area contributed by atoms with E-state index in [4.69, 9.17) is 0 Å². The molecule has 3 atom stereocenters. The zero-order valence-electron chi connectivity index (χ0n) is 6.93. The second-order valence-corrected chi connectivity index (χ2v) is 4.27. The minimum absolute atomic E-state index is 0.895. The lowest BCUT2D eigenvalue weighted by Gasteiger charge is -2.47. The lowest BCUT2D eigenvalue weighted by atomic mass is 9.72. The normalized spacial score (nSPS) is 45.3. The van der Waals surface area contributed by atoms with Crippen LogP contribution in [0.4, 0.5) is 0 Å². The molecule has 0 spiro atoms. The van der Waals surface area contributed by atoms with Crippen LogP contribution in [0.2, 0.25) is 0 Å². The zero-order chi connectivity index (χ0) is 7.14. The molecule has 1 nitrogen and oxygen atoms in total. The molecule has 0 aromatic carbocycles. The van der Waals surface area contributed by atoms with Gasteiger partial charge in [-0.15, -0.1) is 0 Å². The molecule has 10 heavy (non-hydrogen) atoms. The Balaban J connectivity index is 1.91. The van der Waals surface area contributed by atoms with Crippen molar-refractivity contribution in [3.8, 4) is 0 Å². The summed E-state index contributed by atoms with van der Waals surface area (Å²) in [6.45, 7) is 4.71. The van der Waals surface area contributed by atoms with Crippen LogP contribution >= 0.6 is 0 Å². The third-order valence-electron chi connectivity index (χ3n) is 3.16. The van der Waals surface area contributed by atoms with Gasteiger partial charge in [0.1, 0.15) is 0 Å². The first-order valence-electron chi connectivity index (χ1n) is 4.51. The maximum atomic E-state index is 3.56. The van der Waals surface area contributed by atoms with Crippen molar-refractivity contribution in [2.45, 2.75) is 45.2 Å². The number of hydrogen-bond acceptors (Lipinski definition) is 1. The van der Waals surface area contributed by atoms with E-state index in [9.17, 15) is 0 Å². The monoisotopic (exact) mass is 139 g/mol. The Labute approximate surface area is 63.2 Å². The molecule has 58 valence electrons. The molecule has 3 fully saturated rings. The van der Waals surface area contributed by atoms with E-state index in [1.165, 1.54) is 19.3 Å². The van der Waals surface area contributed by atoms with Crippen molar-refractivity contribution in [1.29, 1.82) is 0 Å². The summed E-state index contributed by atoms with van der Waals surface area (Å²) in [6.07, 6.45) is 4.34. The Morgan fingerprint density at radius 3 is 1.90 bits per heavy atom. The summed E-state index contributed by atoms with van der Waals surface area (Å²) in [6, 6.07) is 1.79. The predicted octanol–water partition coefficient (Wildman–Crippen LogP) is 1.78. The van der Waals surface area contributed by atoms with Gasteiger partial charge in [-0.1, -0.05) is 13.8 Å². The standard InChI is InChI=1S/C9H17N/c1-6(2)7-3-8-5-9(4-7)10-8/h6-10H,3-5H2,1-2H3/t7?,8-,9+. The average Bonchev–Trinajstić information content (AvgIpc) is 1.86. The molecule has 0 aromatic rings. The number of piperidine rings is 1. The summed E-state index contributed by atoms with van der Waals surface area (Å²) in [7, 11) is 0. The molecule has 2 heterocycles. The van der Waals surface area contributed by atoms with E-state index < -0.39 is 0 Å². The molecular formula is C9H17N. The van der Waals surface area contributed by atoms with Crippen LogP contribution in [0.25, 0.3) is 0 Å². The zero-order valence-corrected chi connectivity index (χ0v) is 6.93. The summed E-state index contributed by atoms with van der Waals surface area (Å²) in [5, 5.41) is 3.56. The van der Waals surface area contributed by atoms with Gasteiger partial charge in [-0.2, -0.15) is 0 Å². The van der Waals surface area contributed by atoms with E-state index in [1.807, 2.05) is 0 Å². The van der Waals surface area contributed by atoms with Crippen molar-refractivity contribution in [1.82, 2.24) is 5.32 Å². The van der Waals surface area contributed by atoms with Gasteiger partial charge in [0.2, 0.25) is 0 Å². The molecule has 1 saturated carbocycles. The smallest absolute Gasteiger partial charge is 0.00872 e. The van der Waals surface area contributed by atoms with E-state index in [2.05, 4.69) is 19.2 Å². The number of rotatable bonds is 1. The molecule has 0 radical (unpaired) electrons. The first kappa shape index (κ1) is 6.66. The van der Waals surface area contributed by atoms with Gasteiger partial charge in [0.15, 0.2) is 0 Å². The molecule has 1 heteroatoms. The Morgan fingerprint density at radius 1 is 1.10 bits per heavy atom. The Morgan fingerprint density at radius 2 is 1.60 bits per heavy atom. The van der Waals surface area contributed by atoms with Crippen LogP contribution in [0.3, 0.4) is 0 Å². The fourth-order valence-corrected chi connectivity index (χ4v) is 2.35. The van der Waals surface area contributed by atoms with Crippen LogP contribution in [-0.4, -0.2) is 12.1 Å². The van der Waals surface area contributed by atoms with Crippen LogP contribution in [0.15, 0.2) is 0 Å². The summed E-state index contributed by atoms with van der Waals surface area (Å²) >= 11 is 0. The van der Waals surface area contributed by atoms with Crippen LogP contribution in [-0.2, 0) is 0 Å². The van der Waals surface area contributed by atoms with Gasteiger partial charge < -0.3 is 5.32 Å². The minimum atomic E-state index is 0.895. The molecule has 3 rings (SSSR count). The van der Waals surface area contributed by atoms with Crippen molar-refractivity contribution in [2.75, 3.05) is 0 Å². The molecule has 2 saturated heterocycles. The van der Waals surface area contributed by atoms with Crippen LogP contribution in [0, 0.1) is 11.8 Å². The second kappa shape index (κ2) is 2.23. The maximum absolute atomic E-state index is 3.56. The van der Waals surface area contributed by atoms with Gasteiger partial charge in [-0.25, -0.2) is 0 Å². The van der Waals surface area contributed by atoms with E-state index in [1.54, 1.807) is 0 Å². The van der Waals surface area contributed by atoms with Gasteiger partial charge in [-0.3, -0.25) is 0 Å². The average molecular weight is 139 g/mol. The van der Waals surface area contributed by atoms with Crippen molar-refractivity contribution in [3.05, 3.63) is 0 Å². The van der Waals surface area contributed by atoms with Gasteiger partial charge >= 0.3 is 0 Å². The first-order chi connectivity index (χ1) is 4.75. The number of fused-ring (bicyclic) bond motifs is 2. The number of nitrogens with one attached hydrogen (secondary N) is 1. The molecular weight excluding hydrogens is 122 g/mol. The highest BCUT2D eigenvalue weighted by atomic mass is 15.0. The summed E-state index contributed by atoms with van der Waals surface area (Å²) in [4.78, 5) is 0. The van der Waals surface area contributed by atoms with Crippen molar-refractivity contribution < 1.29 is 0 Å². The largest absolute Gasteiger partial charge is 0.311 e. The first-order valence-corrected chi connectivity index (χ1v) is 4.51.